The summed E-state index contributed by atoms with van der Waals surface area (Å²) < 4.78 is 64.4. The van der Waals surface area contributed by atoms with Gasteiger partial charge in [-0.3, -0.25) is 13.8 Å². The van der Waals surface area contributed by atoms with E-state index >= 15 is 0 Å². The molecule has 1 amide bonds. The molecule has 0 atom stereocenters. The van der Waals surface area contributed by atoms with Gasteiger partial charge in [0.15, 0.2) is 0 Å². The summed E-state index contributed by atoms with van der Waals surface area (Å²) in [5.74, 6) is 0.465. The van der Waals surface area contributed by atoms with Crippen molar-refractivity contribution in [2.24, 2.45) is 0 Å². The molecule has 0 heterocycles. The molecule has 3 aromatic rings. The van der Waals surface area contributed by atoms with E-state index < -0.39 is 20.0 Å². The highest BCUT2D eigenvalue weighted by atomic mass is 32.2. The molecule has 0 aliphatic carbocycles. The first kappa shape index (κ1) is 28.8. The number of benzene rings is 3. The van der Waals surface area contributed by atoms with Crippen molar-refractivity contribution in [1.82, 2.24) is 0 Å². The molecule has 0 unspecified atom stereocenters. The monoisotopic (exact) mass is 561 g/mol. The largest absolute Gasteiger partial charge is 0.497 e. The lowest BCUT2D eigenvalue weighted by molar-refractivity contribution is -0.116. The highest BCUT2D eigenvalue weighted by molar-refractivity contribution is 7.92. The Hall–Kier alpha value is -3.77. The van der Waals surface area contributed by atoms with E-state index in [1.54, 1.807) is 30.3 Å². The molecule has 0 aromatic heterocycles. The van der Waals surface area contributed by atoms with Gasteiger partial charge in [0.1, 0.15) is 11.5 Å². The van der Waals surface area contributed by atoms with Gasteiger partial charge in [0.2, 0.25) is 15.9 Å². The SMILES string of the molecule is COc1ccc(OC)c(NS(=O)(=O)c2ccc(NC(=O)CCCN(c3cccc(C)c3)S(C)(=O)=O)cc2)c1. The number of carbonyl (C=O) groups is 1. The maximum Gasteiger partial charge on any atom is 0.262 e. The number of carbonyl (C=O) groups excluding carboxylic acids is 1. The average molecular weight is 562 g/mol. The average Bonchev–Trinajstić information content (AvgIpc) is 2.86. The summed E-state index contributed by atoms with van der Waals surface area (Å²) in [4.78, 5) is 12.4. The predicted octanol–water partition coefficient (Wildman–Crippen LogP) is 4.00. The molecule has 0 aliphatic rings. The zero-order chi connectivity index (χ0) is 27.9. The highest BCUT2D eigenvalue weighted by Crippen LogP contribution is 2.31. The van der Waals surface area contributed by atoms with Crippen molar-refractivity contribution in [1.29, 1.82) is 0 Å². The molecule has 204 valence electrons. The van der Waals surface area contributed by atoms with Gasteiger partial charge < -0.3 is 14.8 Å². The second-order valence-electron chi connectivity index (χ2n) is 8.52. The summed E-state index contributed by atoms with van der Waals surface area (Å²) in [7, 11) is -4.56. The van der Waals surface area contributed by atoms with Gasteiger partial charge >= 0.3 is 0 Å². The Morgan fingerprint density at radius 1 is 0.921 bits per heavy atom. The van der Waals surface area contributed by atoms with Crippen LogP contribution in [-0.4, -0.2) is 49.8 Å². The first-order valence-corrected chi connectivity index (χ1v) is 15.0. The maximum absolute atomic E-state index is 12.9. The van der Waals surface area contributed by atoms with Crippen molar-refractivity contribution in [3.63, 3.8) is 0 Å². The fourth-order valence-electron chi connectivity index (χ4n) is 3.69. The quantitative estimate of drug-likeness (QED) is 0.342. The lowest BCUT2D eigenvalue weighted by Crippen LogP contribution is -2.31. The van der Waals surface area contributed by atoms with Gasteiger partial charge in [0, 0.05) is 24.7 Å². The molecule has 10 nitrogen and oxygen atoms in total. The molecule has 0 fully saturated rings. The van der Waals surface area contributed by atoms with Crippen LogP contribution in [0.3, 0.4) is 0 Å². The van der Waals surface area contributed by atoms with Crippen molar-refractivity contribution < 1.29 is 31.1 Å². The van der Waals surface area contributed by atoms with Gasteiger partial charge in [-0.15, -0.1) is 0 Å². The number of nitrogens with one attached hydrogen (secondary N) is 2. The molecule has 3 rings (SSSR count). The summed E-state index contributed by atoms with van der Waals surface area (Å²) in [6, 6.07) is 17.6. The molecule has 2 N–H and O–H groups in total. The number of amides is 1. The number of methoxy groups -OCH3 is 2. The van der Waals surface area contributed by atoms with E-state index in [9.17, 15) is 21.6 Å². The molecule has 0 aliphatic heterocycles. The third kappa shape index (κ3) is 7.62. The summed E-state index contributed by atoms with van der Waals surface area (Å²) in [5, 5.41) is 2.71. The fourth-order valence-corrected chi connectivity index (χ4v) is 5.71. The van der Waals surface area contributed by atoms with Crippen LogP contribution in [0.1, 0.15) is 18.4 Å². The van der Waals surface area contributed by atoms with Gasteiger partial charge in [-0.25, -0.2) is 16.8 Å². The lowest BCUT2D eigenvalue weighted by atomic mass is 10.2. The Morgan fingerprint density at radius 2 is 1.63 bits per heavy atom. The topological polar surface area (TPSA) is 131 Å². The second-order valence-corrected chi connectivity index (χ2v) is 12.1. The van der Waals surface area contributed by atoms with Crippen LogP contribution in [0.25, 0.3) is 0 Å². The Balaban J connectivity index is 1.61. The van der Waals surface area contributed by atoms with Crippen molar-refractivity contribution in [3.05, 3.63) is 72.3 Å². The minimum Gasteiger partial charge on any atom is -0.497 e. The minimum absolute atomic E-state index is 0.0117. The summed E-state index contributed by atoms with van der Waals surface area (Å²) >= 11 is 0. The number of rotatable bonds is 12. The van der Waals surface area contributed by atoms with Crippen molar-refractivity contribution in [2.45, 2.75) is 24.7 Å². The van der Waals surface area contributed by atoms with Crippen molar-refractivity contribution in [2.75, 3.05) is 41.4 Å². The third-order valence-electron chi connectivity index (χ3n) is 5.55. The van der Waals surface area contributed by atoms with Crippen molar-refractivity contribution >= 4 is 43.0 Å². The number of sulfonamides is 2. The molecule has 38 heavy (non-hydrogen) atoms. The minimum atomic E-state index is -3.94. The maximum atomic E-state index is 12.9. The van der Waals surface area contributed by atoms with Crippen LogP contribution in [0.4, 0.5) is 17.1 Å². The van der Waals surface area contributed by atoms with E-state index in [0.29, 0.717) is 29.3 Å². The predicted molar refractivity (Wildman–Crippen MR) is 148 cm³/mol. The molecular weight excluding hydrogens is 530 g/mol. The zero-order valence-electron chi connectivity index (χ0n) is 21.6. The smallest absolute Gasteiger partial charge is 0.262 e. The highest BCUT2D eigenvalue weighted by Gasteiger charge is 2.19. The van der Waals surface area contributed by atoms with E-state index in [1.807, 2.05) is 13.0 Å². The summed E-state index contributed by atoms with van der Waals surface area (Å²) in [6.07, 6.45) is 1.50. The first-order valence-electron chi connectivity index (χ1n) is 11.6. The standard InChI is InChI=1S/C26H31N3O7S2/c1-19-7-5-8-21(17-19)29(37(4,31)32)16-6-9-26(30)27-20-10-13-23(14-11-20)38(33,34)28-24-18-22(35-2)12-15-25(24)36-3/h5,7-8,10-15,17-18,28H,6,9,16H2,1-4H3,(H,27,30). The number of aryl methyl sites for hydroxylation is 1. The van der Waals surface area contributed by atoms with Gasteiger partial charge in [-0.2, -0.15) is 0 Å². The second kappa shape index (κ2) is 12.2. The summed E-state index contributed by atoms with van der Waals surface area (Å²) in [6.45, 7) is 2.02. The molecule has 0 saturated heterocycles. The lowest BCUT2D eigenvalue weighted by Gasteiger charge is -2.22. The van der Waals surface area contributed by atoms with Crippen LogP contribution in [0.2, 0.25) is 0 Å². The molecule has 0 radical (unpaired) electrons. The van der Waals surface area contributed by atoms with Gasteiger partial charge in [0.25, 0.3) is 10.0 Å². The van der Waals surface area contributed by atoms with Gasteiger partial charge in [-0.1, -0.05) is 12.1 Å². The van der Waals surface area contributed by atoms with Crippen LogP contribution in [0, 0.1) is 6.92 Å². The zero-order valence-corrected chi connectivity index (χ0v) is 23.2. The Labute approximate surface area is 223 Å². The van der Waals surface area contributed by atoms with E-state index in [-0.39, 0.29) is 29.5 Å². The normalized spacial score (nSPS) is 11.5. The van der Waals surface area contributed by atoms with Crippen LogP contribution >= 0.6 is 0 Å². The van der Waals surface area contributed by atoms with E-state index in [4.69, 9.17) is 9.47 Å². The molecule has 12 heteroatoms. The Morgan fingerprint density at radius 3 is 2.24 bits per heavy atom. The Kier molecular flexibility index (Phi) is 9.23. The number of hydrogen-bond acceptors (Lipinski definition) is 7. The number of hydrogen-bond donors (Lipinski definition) is 2. The number of anilines is 3. The van der Waals surface area contributed by atoms with Gasteiger partial charge in [0.05, 0.1) is 36.7 Å². The van der Waals surface area contributed by atoms with Crippen LogP contribution < -0.4 is 23.8 Å². The Bertz CT molecular complexity index is 1490. The van der Waals surface area contributed by atoms with Gasteiger partial charge in [-0.05, 0) is 67.4 Å². The summed E-state index contributed by atoms with van der Waals surface area (Å²) in [5.41, 5.74) is 2.10. The fraction of sp³-hybridized carbons (Fsp3) is 0.269. The molecule has 0 saturated carbocycles. The first-order chi connectivity index (χ1) is 17.9. The van der Waals surface area contributed by atoms with E-state index in [0.717, 1.165) is 11.8 Å². The third-order valence-corrected chi connectivity index (χ3v) is 8.13. The molecule has 0 spiro atoms. The molecule has 0 bridgehead atoms. The number of nitrogens with zero attached hydrogens (tertiary/aromatic N) is 1. The van der Waals surface area contributed by atoms with E-state index in [1.165, 1.54) is 48.9 Å². The van der Waals surface area contributed by atoms with Crippen LogP contribution in [0.15, 0.2) is 71.6 Å². The van der Waals surface area contributed by atoms with Crippen LogP contribution in [-0.2, 0) is 24.8 Å². The number of ether oxygens (including phenoxy) is 2. The van der Waals surface area contributed by atoms with Crippen molar-refractivity contribution in [3.8, 4) is 11.5 Å². The molecular formula is C26H31N3O7S2. The van der Waals surface area contributed by atoms with Crippen LogP contribution in [0.5, 0.6) is 11.5 Å². The van der Waals surface area contributed by atoms with E-state index in [2.05, 4.69) is 10.0 Å². The molecule has 3 aromatic carbocycles.